The monoisotopic (exact) mass is 233 g/mol. The van der Waals surface area contributed by atoms with Gasteiger partial charge < -0.3 is 14.8 Å². The minimum Gasteiger partial charge on any atom is -0.467 e. The van der Waals surface area contributed by atoms with Crippen LogP contribution in [0.25, 0.3) is 0 Å². The molecule has 0 fully saturated rings. The Morgan fingerprint density at radius 1 is 1.75 bits per heavy atom. The molecule has 0 amide bonds. The van der Waals surface area contributed by atoms with Gasteiger partial charge in [0.25, 0.3) is 0 Å². The van der Waals surface area contributed by atoms with Gasteiger partial charge in [0.2, 0.25) is 0 Å². The molecule has 0 radical (unpaired) electrons. The molecule has 0 aromatic carbocycles. The SMILES string of the molecule is CC(CO)NCc1occc1Br. The Morgan fingerprint density at radius 2 is 2.50 bits per heavy atom. The Kier molecular flexibility index (Phi) is 3.78. The molecule has 1 unspecified atom stereocenters. The van der Waals surface area contributed by atoms with Crippen molar-refractivity contribution < 1.29 is 9.52 Å². The van der Waals surface area contributed by atoms with Gasteiger partial charge in [0.15, 0.2) is 0 Å². The van der Waals surface area contributed by atoms with E-state index >= 15 is 0 Å². The molecule has 1 heterocycles. The van der Waals surface area contributed by atoms with Crippen LogP contribution < -0.4 is 5.32 Å². The summed E-state index contributed by atoms with van der Waals surface area (Å²) in [5, 5.41) is 11.8. The highest BCUT2D eigenvalue weighted by Crippen LogP contribution is 2.16. The van der Waals surface area contributed by atoms with Gasteiger partial charge in [0.1, 0.15) is 5.76 Å². The minimum atomic E-state index is 0.0991. The lowest BCUT2D eigenvalue weighted by Crippen LogP contribution is -2.28. The zero-order chi connectivity index (χ0) is 8.97. The first-order valence-corrected chi connectivity index (χ1v) is 4.59. The third-order valence-corrected chi connectivity index (χ3v) is 2.28. The van der Waals surface area contributed by atoms with Crippen LogP contribution in [-0.2, 0) is 6.54 Å². The highest BCUT2D eigenvalue weighted by molar-refractivity contribution is 9.10. The van der Waals surface area contributed by atoms with Gasteiger partial charge in [-0.15, -0.1) is 0 Å². The zero-order valence-corrected chi connectivity index (χ0v) is 8.47. The molecule has 0 bridgehead atoms. The van der Waals surface area contributed by atoms with Crippen molar-refractivity contribution in [2.45, 2.75) is 19.5 Å². The van der Waals surface area contributed by atoms with Crippen LogP contribution in [0.4, 0.5) is 0 Å². The van der Waals surface area contributed by atoms with Crippen molar-refractivity contribution in [2.75, 3.05) is 6.61 Å². The fourth-order valence-electron chi connectivity index (χ4n) is 0.783. The number of nitrogens with one attached hydrogen (secondary N) is 1. The fraction of sp³-hybridized carbons (Fsp3) is 0.500. The summed E-state index contributed by atoms with van der Waals surface area (Å²) in [5.41, 5.74) is 0. The van der Waals surface area contributed by atoms with E-state index in [1.54, 1.807) is 6.26 Å². The molecule has 12 heavy (non-hydrogen) atoms. The lowest BCUT2D eigenvalue weighted by atomic mass is 10.3. The van der Waals surface area contributed by atoms with E-state index in [-0.39, 0.29) is 12.6 Å². The van der Waals surface area contributed by atoms with E-state index in [4.69, 9.17) is 9.52 Å². The fourth-order valence-corrected chi connectivity index (χ4v) is 1.12. The summed E-state index contributed by atoms with van der Waals surface area (Å²) in [4.78, 5) is 0. The van der Waals surface area contributed by atoms with Crippen molar-refractivity contribution in [2.24, 2.45) is 0 Å². The quantitative estimate of drug-likeness (QED) is 0.830. The van der Waals surface area contributed by atoms with Gasteiger partial charge in [-0.3, -0.25) is 0 Å². The molecule has 2 N–H and O–H groups in total. The number of halogens is 1. The van der Waals surface area contributed by atoms with E-state index in [9.17, 15) is 0 Å². The summed E-state index contributed by atoms with van der Waals surface area (Å²) in [6, 6.07) is 1.95. The smallest absolute Gasteiger partial charge is 0.131 e. The number of aliphatic hydroxyl groups is 1. The highest BCUT2D eigenvalue weighted by Gasteiger charge is 2.04. The molecule has 1 aromatic heterocycles. The third kappa shape index (κ3) is 2.62. The van der Waals surface area contributed by atoms with Gasteiger partial charge >= 0.3 is 0 Å². The molecule has 0 saturated heterocycles. The van der Waals surface area contributed by atoms with Crippen molar-refractivity contribution in [3.63, 3.8) is 0 Å². The second-order valence-corrected chi connectivity index (χ2v) is 3.51. The van der Waals surface area contributed by atoms with E-state index < -0.39 is 0 Å². The van der Waals surface area contributed by atoms with E-state index in [1.807, 2.05) is 13.0 Å². The number of hydrogen-bond donors (Lipinski definition) is 2. The standard InChI is InChI=1S/C8H12BrNO2/c1-6(5-11)10-4-8-7(9)2-3-12-8/h2-3,6,10-11H,4-5H2,1H3. The Bertz CT molecular complexity index is 237. The van der Waals surface area contributed by atoms with Gasteiger partial charge in [-0.05, 0) is 28.9 Å². The first kappa shape index (κ1) is 9.77. The maximum absolute atomic E-state index is 8.73. The first-order chi connectivity index (χ1) is 5.74. The van der Waals surface area contributed by atoms with Gasteiger partial charge in [-0.1, -0.05) is 0 Å². The van der Waals surface area contributed by atoms with Crippen molar-refractivity contribution in [1.29, 1.82) is 0 Å². The summed E-state index contributed by atoms with van der Waals surface area (Å²) in [6.07, 6.45) is 1.63. The van der Waals surface area contributed by atoms with Crippen molar-refractivity contribution in [3.8, 4) is 0 Å². The lowest BCUT2D eigenvalue weighted by molar-refractivity contribution is 0.248. The van der Waals surface area contributed by atoms with Gasteiger partial charge in [0.05, 0.1) is 23.9 Å². The minimum absolute atomic E-state index is 0.0991. The second-order valence-electron chi connectivity index (χ2n) is 2.66. The van der Waals surface area contributed by atoms with Gasteiger partial charge in [-0.25, -0.2) is 0 Å². The molecule has 1 rings (SSSR count). The molecule has 0 spiro atoms. The van der Waals surface area contributed by atoms with Crippen LogP contribution >= 0.6 is 15.9 Å². The topological polar surface area (TPSA) is 45.4 Å². The number of aliphatic hydroxyl groups excluding tert-OH is 1. The first-order valence-electron chi connectivity index (χ1n) is 3.80. The molecule has 0 aliphatic heterocycles. The van der Waals surface area contributed by atoms with Crippen LogP contribution in [0.1, 0.15) is 12.7 Å². The maximum Gasteiger partial charge on any atom is 0.131 e. The third-order valence-electron chi connectivity index (χ3n) is 1.58. The van der Waals surface area contributed by atoms with Crippen molar-refractivity contribution in [1.82, 2.24) is 5.32 Å². The molecular weight excluding hydrogens is 222 g/mol. The predicted octanol–water partition coefficient (Wildman–Crippen LogP) is 1.51. The van der Waals surface area contributed by atoms with Crippen LogP contribution in [0.2, 0.25) is 0 Å². The average molecular weight is 234 g/mol. The number of rotatable bonds is 4. The summed E-state index contributed by atoms with van der Waals surface area (Å²) in [5.74, 6) is 0.857. The molecule has 0 aliphatic carbocycles. The van der Waals surface area contributed by atoms with Crippen molar-refractivity contribution in [3.05, 3.63) is 22.6 Å². The highest BCUT2D eigenvalue weighted by atomic mass is 79.9. The van der Waals surface area contributed by atoms with E-state index in [2.05, 4.69) is 21.2 Å². The van der Waals surface area contributed by atoms with E-state index in [0.717, 1.165) is 10.2 Å². The average Bonchev–Trinajstić information content (AvgIpc) is 2.47. The summed E-state index contributed by atoms with van der Waals surface area (Å²) in [6.45, 7) is 2.69. The van der Waals surface area contributed by atoms with Crippen LogP contribution in [0.3, 0.4) is 0 Å². The molecule has 4 heteroatoms. The van der Waals surface area contributed by atoms with Gasteiger partial charge in [-0.2, -0.15) is 0 Å². The lowest BCUT2D eigenvalue weighted by Gasteiger charge is -2.08. The molecule has 1 aromatic rings. The van der Waals surface area contributed by atoms with E-state index in [0.29, 0.717) is 6.54 Å². The zero-order valence-electron chi connectivity index (χ0n) is 6.88. The number of hydrogen-bond acceptors (Lipinski definition) is 3. The molecular formula is C8H12BrNO2. The molecule has 0 saturated carbocycles. The Balaban J connectivity index is 2.38. The van der Waals surface area contributed by atoms with Crippen molar-refractivity contribution >= 4 is 15.9 Å². The van der Waals surface area contributed by atoms with Crippen LogP contribution in [-0.4, -0.2) is 17.8 Å². The Labute approximate surface area is 79.9 Å². The van der Waals surface area contributed by atoms with Crippen LogP contribution in [0.15, 0.2) is 21.2 Å². The summed E-state index contributed by atoms with van der Waals surface area (Å²) < 4.78 is 6.13. The second kappa shape index (κ2) is 4.64. The molecule has 3 nitrogen and oxygen atoms in total. The molecule has 1 atom stereocenters. The largest absolute Gasteiger partial charge is 0.467 e. The van der Waals surface area contributed by atoms with Crippen LogP contribution in [0.5, 0.6) is 0 Å². The Morgan fingerprint density at radius 3 is 3.00 bits per heavy atom. The molecule has 0 aliphatic rings. The van der Waals surface area contributed by atoms with E-state index in [1.165, 1.54) is 0 Å². The predicted molar refractivity (Wildman–Crippen MR) is 49.8 cm³/mol. The Hall–Kier alpha value is -0.320. The summed E-state index contributed by atoms with van der Waals surface area (Å²) >= 11 is 3.34. The number of furan rings is 1. The normalized spacial score (nSPS) is 13.2. The maximum atomic E-state index is 8.73. The van der Waals surface area contributed by atoms with Crippen LogP contribution in [0, 0.1) is 0 Å². The molecule has 68 valence electrons. The summed E-state index contributed by atoms with van der Waals surface area (Å²) in [7, 11) is 0. The van der Waals surface area contributed by atoms with Gasteiger partial charge in [0, 0.05) is 6.04 Å².